The van der Waals surface area contributed by atoms with Crippen molar-refractivity contribution in [2.45, 2.75) is 6.04 Å². The van der Waals surface area contributed by atoms with Gasteiger partial charge in [0.25, 0.3) is 0 Å². The Bertz CT molecular complexity index is 112. The zero-order chi connectivity index (χ0) is 6.69. The Hall–Kier alpha value is -0.610. The number of nitrogens with one attached hydrogen (secondary N) is 1. The van der Waals surface area contributed by atoms with Crippen LogP contribution in [0, 0.1) is 0 Å². The quantitative estimate of drug-likeness (QED) is 0.456. The molecule has 0 bridgehead atoms. The van der Waals surface area contributed by atoms with Gasteiger partial charge >= 0.3 is 0 Å². The van der Waals surface area contributed by atoms with E-state index in [-0.39, 0.29) is 11.9 Å². The summed E-state index contributed by atoms with van der Waals surface area (Å²) in [5.41, 5.74) is 0. The number of hydrogen-bond donors (Lipinski definition) is 2. The van der Waals surface area contributed by atoms with Gasteiger partial charge in [-0.15, -0.1) is 0 Å². The first-order valence-corrected chi connectivity index (χ1v) is 2.86. The predicted molar refractivity (Wildman–Crippen MR) is 30.9 cm³/mol. The van der Waals surface area contributed by atoms with E-state index < -0.39 is 6.61 Å². The van der Waals surface area contributed by atoms with Crippen LogP contribution >= 0.6 is 0 Å². The average Bonchev–Trinajstić information content (AvgIpc) is 1.78. The normalized spacial score (nSPS) is 18.8. The fourth-order valence-corrected chi connectivity index (χ4v) is 0.623. The zero-order valence-corrected chi connectivity index (χ0v) is 5.00. The molecule has 1 amide bonds. The first-order chi connectivity index (χ1) is 4.33. The van der Waals surface area contributed by atoms with Crippen LogP contribution in [0.3, 0.4) is 0 Å². The summed E-state index contributed by atoms with van der Waals surface area (Å²) in [4.78, 5) is 10.4. The van der Waals surface area contributed by atoms with E-state index in [0.717, 1.165) is 0 Å². The topological polar surface area (TPSA) is 63.4 Å². The Morgan fingerprint density at radius 1 is 1.78 bits per heavy atom. The molecule has 0 spiro atoms. The maximum absolute atomic E-state index is 10.4. The average molecular weight is 129 g/mol. The van der Waals surface area contributed by atoms with Gasteiger partial charge in [0.2, 0.25) is 5.91 Å². The smallest absolute Gasteiger partial charge is 0.246 e. The molecule has 51 valence electrons. The van der Waals surface area contributed by atoms with E-state index in [9.17, 15) is 4.79 Å². The molecule has 1 radical (unpaired) electrons. The van der Waals surface area contributed by atoms with E-state index in [1.807, 2.05) is 0 Å². The van der Waals surface area contributed by atoms with Gasteiger partial charge in [0.15, 0.2) is 0 Å². The minimum atomic E-state index is -0.420. The van der Waals surface area contributed by atoms with Crippen LogP contribution < -0.4 is 10.6 Å². The number of aliphatic hydroxyl groups excluding tert-OH is 1. The summed E-state index contributed by atoms with van der Waals surface area (Å²) in [6.45, 7) is 0.980. The van der Waals surface area contributed by atoms with Gasteiger partial charge < -0.3 is 10.4 Å². The second-order valence-electron chi connectivity index (χ2n) is 2.01. The molecule has 0 aromatic rings. The summed E-state index contributed by atoms with van der Waals surface area (Å²) in [5, 5.41) is 14.7. The fourth-order valence-electron chi connectivity index (χ4n) is 0.623. The van der Waals surface area contributed by atoms with Gasteiger partial charge in [0, 0.05) is 13.1 Å². The lowest BCUT2D eigenvalue weighted by atomic mass is 10.2. The number of amides is 1. The third-order valence-corrected chi connectivity index (χ3v) is 1.21. The first-order valence-electron chi connectivity index (χ1n) is 2.86. The largest absolute Gasteiger partial charge is 0.387 e. The Labute approximate surface area is 53.2 Å². The summed E-state index contributed by atoms with van der Waals surface area (Å²) in [6.07, 6.45) is 0. The van der Waals surface area contributed by atoms with Gasteiger partial charge in [-0.3, -0.25) is 4.79 Å². The highest BCUT2D eigenvalue weighted by molar-refractivity contribution is 5.77. The number of nitrogens with zero attached hydrogens (tertiary/aromatic N) is 1. The molecule has 0 aromatic heterocycles. The molecule has 0 aliphatic carbocycles. The fraction of sp³-hybridized carbons (Fsp3) is 0.800. The molecule has 0 aromatic carbocycles. The predicted octanol–water partition coefficient (Wildman–Crippen LogP) is -1.92. The second kappa shape index (κ2) is 2.80. The van der Waals surface area contributed by atoms with Crippen molar-refractivity contribution in [2.24, 2.45) is 0 Å². The summed E-state index contributed by atoms with van der Waals surface area (Å²) in [6, 6.07) is 0.185. The van der Waals surface area contributed by atoms with Crippen molar-refractivity contribution in [1.82, 2.24) is 10.6 Å². The van der Waals surface area contributed by atoms with Crippen LogP contribution in [0.25, 0.3) is 0 Å². The van der Waals surface area contributed by atoms with Crippen molar-refractivity contribution in [2.75, 3.05) is 19.7 Å². The lowest BCUT2D eigenvalue weighted by Gasteiger charge is -2.25. The van der Waals surface area contributed by atoms with Crippen LogP contribution in [-0.2, 0) is 4.79 Å². The molecule has 1 saturated heterocycles. The van der Waals surface area contributed by atoms with Crippen LogP contribution in [0.15, 0.2) is 0 Å². The van der Waals surface area contributed by atoms with Crippen molar-refractivity contribution in [3.63, 3.8) is 0 Å². The molecule has 1 fully saturated rings. The Morgan fingerprint density at radius 3 is 2.78 bits per heavy atom. The molecular formula is C5H9N2O2. The second-order valence-corrected chi connectivity index (χ2v) is 2.01. The minimum Gasteiger partial charge on any atom is -0.387 e. The highest BCUT2D eigenvalue weighted by Crippen LogP contribution is 1.91. The van der Waals surface area contributed by atoms with Crippen molar-refractivity contribution in [3.05, 3.63) is 0 Å². The standard InChI is InChI=1S/C5H9N2O2/c8-3-5(9)7-4-1-6-2-4/h4,8H,1-3H2,(H,7,9). The van der Waals surface area contributed by atoms with Crippen LogP contribution in [-0.4, -0.2) is 36.8 Å². The van der Waals surface area contributed by atoms with Crippen molar-refractivity contribution >= 4 is 5.91 Å². The van der Waals surface area contributed by atoms with E-state index in [1.54, 1.807) is 0 Å². The molecule has 0 unspecified atom stereocenters. The lowest BCUT2D eigenvalue weighted by Crippen LogP contribution is -2.53. The van der Waals surface area contributed by atoms with Gasteiger partial charge in [-0.1, -0.05) is 0 Å². The molecule has 1 heterocycles. The SMILES string of the molecule is O=C(CO)NC1C[N]C1. The molecule has 1 aliphatic heterocycles. The maximum atomic E-state index is 10.4. The number of carbonyl (C=O) groups is 1. The molecule has 9 heavy (non-hydrogen) atoms. The van der Waals surface area contributed by atoms with Gasteiger partial charge in [-0.05, 0) is 0 Å². The minimum absolute atomic E-state index is 0.185. The van der Waals surface area contributed by atoms with Gasteiger partial charge in [-0.25, -0.2) is 5.32 Å². The number of hydrogen-bond acceptors (Lipinski definition) is 2. The summed E-state index contributed by atoms with van der Waals surface area (Å²) in [7, 11) is 0. The highest BCUT2D eigenvalue weighted by atomic mass is 16.3. The third-order valence-electron chi connectivity index (χ3n) is 1.21. The summed E-state index contributed by atoms with van der Waals surface area (Å²) >= 11 is 0. The molecule has 4 nitrogen and oxygen atoms in total. The molecule has 4 heteroatoms. The van der Waals surface area contributed by atoms with Gasteiger partial charge in [0.1, 0.15) is 6.61 Å². The van der Waals surface area contributed by atoms with E-state index >= 15 is 0 Å². The van der Waals surface area contributed by atoms with E-state index in [0.29, 0.717) is 13.1 Å². The van der Waals surface area contributed by atoms with Crippen molar-refractivity contribution in [3.8, 4) is 0 Å². The molecule has 1 rings (SSSR count). The van der Waals surface area contributed by atoms with Crippen LogP contribution in [0.4, 0.5) is 0 Å². The molecule has 1 aliphatic rings. The lowest BCUT2D eigenvalue weighted by molar-refractivity contribution is -0.124. The number of aliphatic hydroxyl groups is 1. The van der Waals surface area contributed by atoms with Crippen molar-refractivity contribution in [1.29, 1.82) is 0 Å². The maximum Gasteiger partial charge on any atom is 0.246 e. The Kier molecular flexibility index (Phi) is 2.02. The summed E-state index contributed by atoms with van der Waals surface area (Å²) in [5.74, 6) is -0.310. The van der Waals surface area contributed by atoms with Gasteiger partial charge in [-0.2, -0.15) is 0 Å². The highest BCUT2D eigenvalue weighted by Gasteiger charge is 2.18. The zero-order valence-electron chi connectivity index (χ0n) is 5.00. The van der Waals surface area contributed by atoms with Crippen LogP contribution in [0.5, 0.6) is 0 Å². The monoisotopic (exact) mass is 129 g/mol. The number of carbonyl (C=O) groups excluding carboxylic acids is 1. The van der Waals surface area contributed by atoms with E-state index in [2.05, 4.69) is 10.6 Å². The molecule has 0 saturated carbocycles. The van der Waals surface area contributed by atoms with E-state index in [1.165, 1.54) is 0 Å². The molecule has 2 N–H and O–H groups in total. The molecule has 0 atom stereocenters. The van der Waals surface area contributed by atoms with Crippen LogP contribution in [0.2, 0.25) is 0 Å². The number of rotatable bonds is 2. The van der Waals surface area contributed by atoms with Crippen LogP contribution in [0.1, 0.15) is 0 Å². The first kappa shape index (κ1) is 6.51. The van der Waals surface area contributed by atoms with E-state index in [4.69, 9.17) is 5.11 Å². The molecular weight excluding hydrogens is 120 g/mol. The van der Waals surface area contributed by atoms with Crippen molar-refractivity contribution < 1.29 is 9.90 Å². The summed E-state index contributed by atoms with van der Waals surface area (Å²) < 4.78 is 0. The Balaban J connectivity index is 2.09. The Morgan fingerprint density at radius 2 is 2.44 bits per heavy atom. The third kappa shape index (κ3) is 1.65. The van der Waals surface area contributed by atoms with Gasteiger partial charge in [0.05, 0.1) is 6.04 Å².